The van der Waals surface area contributed by atoms with Crippen LogP contribution in [0.3, 0.4) is 0 Å². The van der Waals surface area contributed by atoms with E-state index in [4.69, 9.17) is 9.47 Å². The van der Waals surface area contributed by atoms with Crippen LogP contribution in [0.1, 0.15) is 11.4 Å². The Bertz CT molecular complexity index is 525. The number of hydrogen-bond acceptors (Lipinski definition) is 4. The highest BCUT2D eigenvalue weighted by Gasteiger charge is 2.01. The minimum atomic E-state index is 0.476. The normalized spacial score (nSPS) is 10.7. The van der Waals surface area contributed by atoms with E-state index in [0.29, 0.717) is 6.61 Å². The highest BCUT2D eigenvalue weighted by atomic mass is 16.5. The van der Waals surface area contributed by atoms with Crippen LogP contribution >= 0.6 is 0 Å². The van der Waals surface area contributed by atoms with Crippen LogP contribution in [0.4, 0.5) is 0 Å². The van der Waals surface area contributed by atoms with Gasteiger partial charge >= 0.3 is 0 Å². The second-order valence-electron chi connectivity index (χ2n) is 4.56. The van der Waals surface area contributed by atoms with E-state index in [9.17, 15) is 0 Å². The summed E-state index contributed by atoms with van der Waals surface area (Å²) in [4.78, 5) is 4.24. The van der Waals surface area contributed by atoms with Crippen molar-refractivity contribution in [2.75, 3.05) is 20.3 Å². The molecule has 1 N–H and O–H groups in total. The summed E-state index contributed by atoms with van der Waals surface area (Å²) < 4.78 is 12.7. The Balaban J connectivity index is 1.84. The summed E-state index contributed by atoms with van der Waals surface area (Å²) in [5, 5.41) is 3.31. The highest BCUT2D eigenvalue weighted by molar-refractivity contribution is 5.28. The Kier molecular flexibility index (Phi) is 5.58. The van der Waals surface area contributed by atoms with Crippen LogP contribution in [-0.4, -0.2) is 29.8 Å². The third-order valence-corrected chi connectivity index (χ3v) is 3.00. The summed E-state index contributed by atoms with van der Waals surface area (Å²) in [5.74, 6) is 1.77. The fourth-order valence-corrected chi connectivity index (χ4v) is 1.84. The van der Waals surface area contributed by atoms with Crippen LogP contribution in [0.2, 0.25) is 0 Å². The van der Waals surface area contributed by atoms with E-state index in [2.05, 4.69) is 16.4 Å². The van der Waals surface area contributed by atoms with Crippen LogP contribution in [0, 0.1) is 0 Å². The summed E-state index contributed by atoms with van der Waals surface area (Å²) in [6.07, 6.45) is 3.68. The summed E-state index contributed by atoms with van der Waals surface area (Å²) in [6, 6.07) is 8.08. The Labute approximate surface area is 119 Å². The number of nitrogens with zero attached hydrogens (tertiary/aromatic N) is 2. The van der Waals surface area contributed by atoms with Crippen LogP contribution in [0.25, 0.3) is 0 Å². The molecule has 0 aliphatic rings. The zero-order valence-electron chi connectivity index (χ0n) is 12.0. The van der Waals surface area contributed by atoms with Crippen molar-refractivity contribution in [1.82, 2.24) is 14.9 Å². The Hall–Kier alpha value is -1.85. The number of hydrogen-bond donors (Lipinski definition) is 1. The number of imidazole rings is 1. The molecule has 1 aromatic carbocycles. The maximum atomic E-state index is 5.76. The van der Waals surface area contributed by atoms with Crippen molar-refractivity contribution in [2.24, 2.45) is 7.05 Å². The number of aromatic nitrogens is 2. The molecule has 0 bridgehead atoms. The molecule has 0 atom stereocenters. The first kappa shape index (κ1) is 14.6. The first-order chi connectivity index (χ1) is 9.79. The van der Waals surface area contributed by atoms with E-state index in [-0.39, 0.29) is 0 Å². The van der Waals surface area contributed by atoms with Gasteiger partial charge in [0.2, 0.25) is 0 Å². The molecule has 20 heavy (non-hydrogen) atoms. The zero-order chi connectivity index (χ0) is 14.2. The van der Waals surface area contributed by atoms with Gasteiger partial charge in [0, 0.05) is 39.6 Å². The average Bonchev–Trinajstić information content (AvgIpc) is 2.87. The minimum Gasteiger partial charge on any atom is -0.486 e. The first-order valence-electron chi connectivity index (χ1n) is 6.67. The molecule has 108 valence electrons. The lowest BCUT2D eigenvalue weighted by Crippen LogP contribution is -2.18. The molecule has 0 saturated carbocycles. The topological polar surface area (TPSA) is 48.3 Å². The fraction of sp³-hybridized carbons (Fsp3) is 0.400. The summed E-state index contributed by atoms with van der Waals surface area (Å²) >= 11 is 0. The molecule has 1 heterocycles. The number of aryl methyl sites for hydroxylation is 1. The molecular weight excluding hydrogens is 254 g/mol. The molecule has 0 amide bonds. The fourth-order valence-electron chi connectivity index (χ4n) is 1.84. The lowest BCUT2D eigenvalue weighted by Gasteiger charge is -2.09. The number of nitrogens with one attached hydrogen (secondary N) is 1. The van der Waals surface area contributed by atoms with Crippen LogP contribution < -0.4 is 10.1 Å². The molecule has 2 rings (SSSR count). The summed E-state index contributed by atoms with van der Waals surface area (Å²) in [7, 11) is 3.66. The van der Waals surface area contributed by atoms with E-state index in [1.54, 1.807) is 13.3 Å². The predicted molar refractivity (Wildman–Crippen MR) is 77.6 cm³/mol. The lowest BCUT2D eigenvalue weighted by atomic mass is 10.2. The van der Waals surface area contributed by atoms with E-state index < -0.39 is 0 Å². The second kappa shape index (κ2) is 7.67. The van der Waals surface area contributed by atoms with Gasteiger partial charge in [-0.3, -0.25) is 0 Å². The van der Waals surface area contributed by atoms with E-state index >= 15 is 0 Å². The maximum Gasteiger partial charge on any atom is 0.146 e. The maximum absolute atomic E-state index is 5.76. The molecule has 0 saturated heterocycles. The zero-order valence-corrected chi connectivity index (χ0v) is 12.0. The van der Waals surface area contributed by atoms with E-state index in [0.717, 1.165) is 31.3 Å². The van der Waals surface area contributed by atoms with Gasteiger partial charge in [-0.2, -0.15) is 0 Å². The molecule has 0 unspecified atom stereocenters. The largest absolute Gasteiger partial charge is 0.486 e. The van der Waals surface area contributed by atoms with Crippen molar-refractivity contribution < 1.29 is 9.47 Å². The van der Waals surface area contributed by atoms with Gasteiger partial charge in [0.15, 0.2) is 0 Å². The van der Waals surface area contributed by atoms with Crippen LogP contribution in [0.15, 0.2) is 36.7 Å². The van der Waals surface area contributed by atoms with Crippen LogP contribution in [0.5, 0.6) is 5.75 Å². The molecular formula is C15H21N3O2. The molecule has 2 aromatic rings. The van der Waals surface area contributed by atoms with Crippen LogP contribution in [-0.2, 0) is 24.9 Å². The quantitative estimate of drug-likeness (QED) is 0.745. The van der Waals surface area contributed by atoms with Crippen molar-refractivity contribution in [3.05, 3.63) is 48.0 Å². The molecule has 1 aromatic heterocycles. The van der Waals surface area contributed by atoms with Gasteiger partial charge < -0.3 is 19.4 Å². The van der Waals surface area contributed by atoms with Crippen molar-refractivity contribution >= 4 is 0 Å². The minimum absolute atomic E-state index is 0.476. The summed E-state index contributed by atoms with van der Waals surface area (Å²) in [6.45, 7) is 2.84. The highest BCUT2D eigenvalue weighted by Crippen LogP contribution is 2.14. The van der Waals surface area contributed by atoms with Crippen molar-refractivity contribution in [1.29, 1.82) is 0 Å². The van der Waals surface area contributed by atoms with Gasteiger partial charge in [-0.1, -0.05) is 12.1 Å². The molecule has 5 heteroatoms. The molecule has 0 aliphatic heterocycles. The second-order valence-corrected chi connectivity index (χ2v) is 4.56. The first-order valence-corrected chi connectivity index (χ1v) is 6.67. The smallest absolute Gasteiger partial charge is 0.146 e. The van der Waals surface area contributed by atoms with Gasteiger partial charge in [0.1, 0.15) is 18.2 Å². The Morgan fingerprint density at radius 3 is 3.00 bits per heavy atom. The lowest BCUT2D eigenvalue weighted by molar-refractivity contribution is 0.199. The number of benzene rings is 1. The molecule has 0 aliphatic carbocycles. The van der Waals surface area contributed by atoms with Crippen molar-refractivity contribution in [2.45, 2.75) is 13.2 Å². The van der Waals surface area contributed by atoms with E-state index in [1.807, 2.05) is 36.0 Å². The molecule has 0 radical (unpaired) electrons. The van der Waals surface area contributed by atoms with Gasteiger partial charge in [-0.05, 0) is 17.7 Å². The average molecular weight is 275 g/mol. The van der Waals surface area contributed by atoms with Gasteiger partial charge in [0.05, 0.1) is 6.61 Å². The molecule has 0 spiro atoms. The van der Waals surface area contributed by atoms with Crippen molar-refractivity contribution in [3.8, 4) is 5.75 Å². The van der Waals surface area contributed by atoms with Gasteiger partial charge in [-0.15, -0.1) is 0 Å². The monoisotopic (exact) mass is 275 g/mol. The van der Waals surface area contributed by atoms with Gasteiger partial charge in [-0.25, -0.2) is 4.98 Å². The SMILES string of the molecule is COCCNCc1cccc(OCc2nccn2C)c1. The predicted octanol–water partition coefficient (Wildman–Crippen LogP) is 1.74. The number of ether oxygens (including phenoxy) is 2. The number of rotatable bonds is 8. The molecule has 5 nitrogen and oxygen atoms in total. The summed E-state index contributed by atoms with van der Waals surface area (Å²) in [5.41, 5.74) is 1.19. The van der Waals surface area contributed by atoms with Gasteiger partial charge in [0.25, 0.3) is 0 Å². The molecule has 0 fully saturated rings. The standard InChI is InChI=1S/C15H21N3O2/c1-18-8-6-17-15(18)12-20-14-5-3-4-13(10-14)11-16-7-9-19-2/h3-6,8,10,16H,7,9,11-12H2,1-2H3. The van der Waals surface area contributed by atoms with E-state index in [1.165, 1.54) is 5.56 Å². The third kappa shape index (κ3) is 4.36. The third-order valence-electron chi connectivity index (χ3n) is 3.00. The Morgan fingerprint density at radius 1 is 1.35 bits per heavy atom. The van der Waals surface area contributed by atoms with Crippen molar-refractivity contribution in [3.63, 3.8) is 0 Å². The Morgan fingerprint density at radius 2 is 2.25 bits per heavy atom. The number of methoxy groups -OCH3 is 1.